The smallest absolute Gasteiger partial charge is 0.205 e. The molecule has 1 atom stereocenters. The quantitative estimate of drug-likeness (QED) is 0.689. The lowest BCUT2D eigenvalue weighted by Crippen LogP contribution is -2.21. The Morgan fingerprint density at radius 2 is 2.17 bits per heavy atom. The molecule has 1 aromatic carbocycles. The highest BCUT2D eigenvalue weighted by Gasteiger charge is 2.32. The first-order valence-corrected chi connectivity index (χ1v) is 7.76. The number of benzene rings is 1. The molecular formula is C17H11BrN4O. The molecule has 23 heavy (non-hydrogen) atoms. The molecule has 0 aliphatic carbocycles. The van der Waals surface area contributed by atoms with Crippen molar-refractivity contribution in [3.05, 3.63) is 69.9 Å². The molecule has 3 heterocycles. The Labute approximate surface area is 140 Å². The van der Waals surface area contributed by atoms with E-state index in [9.17, 15) is 5.26 Å². The maximum absolute atomic E-state index is 9.56. The van der Waals surface area contributed by atoms with Crippen LogP contribution in [0, 0.1) is 11.3 Å². The minimum absolute atomic E-state index is 0.138. The van der Waals surface area contributed by atoms with Gasteiger partial charge in [0.2, 0.25) is 5.88 Å². The summed E-state index contributed by atoms with van der Waals surface area (Å²) in [4.78, 5) is 7.36. The van der Waals surface area contributed by atoms with Crippen molar-refractivity contribution < 1.29 is 4.74 Å². The van der Waals surface area contributed by atoms with Gasteiger partial charge in [0.15, 0.2) is 0 Å². The van der Waals surface area contributed by atoms with Gasteiger partial charge in [-0.05, 0) is 39.7 Å². The molecule has 0 saturated carbocycles. The van der Waals surface area contributed by atoms with Gasteiger partial charge < -0.3 is 15.5 Å². The Bertz CT molecular complexity index is 999. The average molecular weight is 367 g/mol. The van der Waals surface area contributed by atoms with Crippen molar-refractivity contribution >= 4 is 26.8 Å². The first-order chi connectivity index (χ1) is 11.2. The van der Waals surface area contributed by atoms with E-state index in [0.717, 1.165) is 26.5 Å². The molecular weight excluding hydrogens is 356 g/mol. The van der Waals surface area contributed by atoms with Crippen LogP contribution in [-0.4, -0.2) is 9.97 Å². The number of allylic oxidation sites excluding steroid dienone is 1. The largest absolute Gasteiger partial charge is 0.439 e. The van der Waals surface area contributed by atoms with Crippen LogP contribution in [0.2, 0.25) is 0 Å². The van der Waals surface area contributed by atoms with Gasteiger partial charge >= 0.3 is 0 Å². The fourth-order valence-electron chi connectivity index (χ4n) is 2.98. The third kappa shape index (κ3) is 2.09. The molecule has 2 aromatic heterocycles. The highest BCUT2D eigenvalue weighted by Crippen LogP contribution is 2.45. The lowest BCUT2D eigenvalue weighted by molar-refractivity contribution is 0.398. The molecule has 0 fully saturated rings. The Balaban J connectivity index is 2.02. The molecule has 4 rings (SSSR count). The van der Waals surface area contributed by atoms with Crippen molar-refractivity contribution in [1.82, 2.24) is 9.97 Å². The number of fused-ring (bicyclic) bond motifs is 3. The van der Waals surface area contributed by atoms with Gasteiger partial charge in [0.25, 0.3) is 0 Å². The second kappa shape index (κ2) is 5.14. The van der Waals surface area contributed by atoms with E-state index in [1.54, 1.807) is 12.4 Å². The predicted molar refractivity (Wildman–Crippen MR) is 89.5 cm³/mol. The van der Waals surface area contributed by atoms with Crippen LogP contribution in [-0.2, 0) is 0 Å². The lowest BCUT2D eigenvalue weighted by Gasteiger charge is -2.26. The maximum Gasteiger partial charge on any atom is 0.205 e. The summed E-state index contributed by atoms with van der Waals surface area (Å²) in [5, 5.41) is 10.5. The Morgan fingerprint density at radius 3 is 2.96 bits per heavy atom. The summed E-state index contributed by atoms with van der Waals surface area (Å²) >= 11 is 3.43. The number of hydrogen-bond acceptors (Lipinski definition) is 4. The van der Waals surface area contributed by atoms with Crippen molar-refractivity contribution in [2.75, 3.05) is 0 Å². The number of aromatic amines is 1. The van der Waals surface area contributed by atoms with Gasteiger partial charge in [-0.2, -0.15) is 5.26 Å². The SMILES string of the molecule is N#CC1=C(N)Oc2c(ccc3[nH]ccc23)C1c1cncc(Br)c1. The zero-order chi connectivity index (χ0) is 16.0. The summed E-state index contributed by atoms with van der Waals surface area (Å²) in [6.07, 6.45) is 5.30. The van der Waals surface area contributed by atoms with Crippen LogP contribution in [0.15, 0.2) is 58.8 Å². The summed E-state index contributed by atoms with van der Waals surface area (Å²) in [7, 11) is 0. The molecule has 1 aliphatic rings. The molecule has 0 bridgehead atoms. The van der Waals surface area contributed by atoms with Gasteiger partial charge in [0, 0.05) is 39.5 Å². The van der Waals surface area contributed by atoms with Crippen molar-refractivity contribution in [3.8, 4) is 11.8 Å². The third-order valence-corrected chi connectivity index (χ3v) is 4.41. The van der Waals surface area contributed by atoms with E-state index in [0.29, 0.717) is 11.3 Å². The summed E-state index contributed by atoms with van der Waals surface area (Å²) in [6.45, 7) is 0. The summed E-state index contributed by atoms with van der Waals surface area (Å²) in [5.41, 5.74) is 9.17. The highest BCUT2D eigenvalue weighted by atomic mass is 79.9. The van der Waals surface area contributed by atoms with E-state index in [4.69, 9.17) is 10.5 Å². The molecule has 6 heteroatoms. The van der Waals surface area contributed by atoms with Crippen molar-refractivity contribution in [2.24, 2.45) is 5.73 Å². The molecule has 0 amide bonds. The minimum Gasteiger partial charge on any atom is -0.439 e. The first kappa shape index (κ1) is 13.9. The number of nitrogens with one attached hydrogen (secondary N) is 1. The maximum atomic E-state index is 9.56. The number of pyridine rings is 1. The Hall–Kier alpha value is -2.78. The van der Waals surface area contributed by atoms with E-state index in [1.807, 2.05) is 30.5 Å². The van der Waals surface area contributed by atoms with Crippen LogP contribution in [0.25, 0.3) is 10.9 Å². The van der Waals surface area contributed by atoms with E-state index < -0.39 is 0 Å². The van der Waals surface area contributed by atoms with Gasteiger partial charge in [0.1, 0.15) is 17.4 Å². The van der Waals surface area contributed by atoms with Crippen molar-refractivity contribution in [1.29, 1.82) is 5.26 Å². The number of nitrogens with zero attached hydrogens (tertiary/aromatic N) is 2. The van der Waals surface area contributed by atoms with E-state index in [-0.39, 0.29) is 11.8 Å². The molecule has 0 saturated heterocycles. The first-order valence-electron chi connectivity index (χ1n) is 6.97. The molecule has 3 N–H and O–H groups in total. The second-order valence-electron chi connectivity index (χ2n) is 5.28. The van der Waals surface area contributed by atoms with E-state index >= 15 is 0 Å². The number of nitriles is 1. The summed E-state index contributed by atoms with van der Waals surface area (Å²) < 4.78 is 6.62. The number of aromatic nitrogens is 2. The van der Waals surface area contributed by atoms with Gasteiger partial charge in [-0.25, -0.2) is 0 Å². The second-order valence-corrected chi connectivity index (χ2v) is 6.20. The molecule has 3 aromatic rings. The lowest BCUT2D eigenvalue weighted by atomic mass is 9.84. The van der Waals surface area contributed by atoms with Gasteiger partial charge in [0.05, 0.1) is 5.92 Å². The molecule has 0 spiro atoms. The van der Waals surface area contributed by atoms with Crippen molar-refractivity contribution in [2.45, 2.75) is 5.92 Å². The number of rotatable bonds is 1. The highest BCUT2D eigenvalue weighted by molar-refractivity contribution is 9.10. The summed E-state index contributed by atoms with van der Waals surface area (Å²) in [6, 6.07) is 10.0. The fourth-order valence-corrected chi connectivity index (χ4v) is 3.36. The van der Waals surface area contributed by atoms with Crippen LogP contribution < -0.4 is 10.5 Å². The van der Waals surface area contributed by atoms with Crippen LogP contribution in [0.4, 0.5) is 0 Å². The summed E-state index contributed by atoms with van der Waals surface area (Å²) in [5.74, 6) is 0.525. The number of nitrogens with two attached hydrogens (primary N) is 1. The molecule has 1 unspecified atom stereocenters. The van der Waals surface area contributed by atoms with Gasteiger partial charge in [-0.1, -0.05) is 6.07 Å². The number of H-pyrrole nitrogens is 1. The zero-order valence-electron chi connectivity index (χ0n) is 11.9. The fraction of sp³-hybridized carbons (Fsp3) is 0.0588. The van der Waals surface area contributed by atoms with Gasteiger partial charge in [-0.3, -0.25) is 4.98 Å². The molecule has 112 valence electrons. The minimum atomic E-state index is -0.298. The van der Waals surface area contributed by atoms with E-state index in [2.05, 4.69) is 32.0 Å². The number of ether oxygens (including phenoxy) is 1. The number of halogens is 1. The zero-order valence-corrected chi connectivity index (χ0v) is 13.5. The molecule has 5 nitrogen and oxygen atoms in total. The van der Waals surface area contributed by atoms with Crippen LogP contribution in [0.3, 0.4) is 0 Å². The standard InChI is InChI=1S/C17H11BrN4O/c18-10-5-9(7-21-8-10)15-12-1-2-14-11(3-4-22-14)16(12)23-17(20)13(15)6-19/h1-5,7-8,15,22H,20H2. The Morgan fingerprint density at radius 1 is 1.30 bits per heavy atom. The van der Waals surface area contributed by atoms with Crippen LogP contribution in [0.5, 0.6) is 5.75 Å². The van der Waals surface area contributed by atoms with E-state index in [1.165, 1.54) is 0 Å². The van der Waals surface area contributed by atoms with Crippen molar-refractivity contribution in [3.63, 3.8) is 0 Å². The Kier molecular flexibility index (Phi) is 3.10. The topological polar surface area (TPSA) is 87.7 Å². The predicted octanol–water partition coefficient (Wildman–Crippen LogP) is 3.54. The number of hydrogen-bond donors (Lipinski definition) is 2. The normalized spacial score (nSPS) is 16.8. The van der Waals surface area contributed by atoms with Crippen LogP contribution >= 0.6 is 15.9 Å². The third-order valence-electron chi connectivity index (χ3n) is 3.97. The van der Waals surface area contributed by atoms with Gasteiger partial charge in [-0.15, -0.1) is 0 Å². The molecule has 1 aliphatic heterocycles. The monoisotopic (exact) mass is 366 g/mol. The molecule has 0 radical (unpaired) electrons. The average Bonchev–Trinajstić information content (AvgIpc) is 3.02. The van der Waals surface area contributed by atoms with Crippen LogP contribution in [0.1, 0.15) is 17.0 Å².